The predicted molar refractivity (Wildman–Crippen MR) is 65.1 cm³/mol. The van der Waals surface area contributed by atoms with Crippen LogP contribution < -0.4 is 9.64 Å². The van der Waals surface area contributed by atoms with Crippen LogP contribution in [0.4, 0.5) is 5.69 Å². The molecule has 0 amide bonds. The zero-order valence-corrected chi connectivity index (χ0v) is 9.72. The molecule has 1 heterocycles. The zero-order valence-electron chi connectivity index (χ0n) is 9.72. The van der Waals surface area contributed by atoms with E-state index in [1.54, 1.807) is 0 Å². The second-order valence-corrected chi connectivity index (χ2v) is 4.10. The standard InChI is InChI=1S/C13H19NO2/c1-2-16-13-7-5-11(6-8-13)14-9-3-4-12(14)10-15/h5-8,12,15H,2-4,9-10H2,1H3. The Morgan fingerprint density at radius 2 is 2.12 bits per heavy atom. The highest BCUT2D eigenvalue weighted by Gasteiger charge is 2.23. The summed E-state index contributed by atoms with van der Waals surface area (Å²) in [6, 6.07) is 8.41. The van der Waals surface area contributed by atoms with Crippen LogP contribution in [-0.4, -0.2) is 30.9 Å². The number of benzene rings is 1. The highest BCUT2D eigenvalue weighted by atomic mass is 16.5. The third-order valence-corrected chi connectivity index (χ3v) is 3.07. The molecule has 1 aromatic carbocycles. The van der Waals surface area contributed by atoms with Crippen LogP contribution in [0.3, 0.4) is 0 Å². The number of hydrogen-bond donors (Lipinski definition) is 1. The minimum Gasteiger partial charge on any atom is -0.494 e. The minimum absolute atomic E-state index is 0.243. The third-order valence-electron chi connectivity index (χ3n) is 3.07. The van der Waals surface area contributed by atoms with Gasteiger partial charge in [0.15, 0.2) is 0 Å². The molecule has 1 aliphatic heterocycles. The van der Waals surface area contributed by atoms with Crippen molar-refractivity contribution in [3.8, 4) is 5.75 Å². The van der Waals surface area contributed by atoms with Crippen molar-refractivity contribution in [2.75, 3.05) is 24.7 Å². The predicted octanol–water partition coefficient (Wildman–Crippen LogP) is 2.05. The highest BCUT2D eigenvalue weighted by molar-refractivity contribution is 5.50. The molecule has 1 aromatic rings. The Labute approximate surface area is 96.6 Å². The quantitative estimate of drug-likeness (QED) is 0.844. The molecule has 3 nitrogen and oxygen atoms in total. The fraction of sp³-hybridized carbons (Fsp3) is 0.538. The molecule has 1 unspecified atom stereocenters. The van der Waals surface area contributed by atoms with Crippen LogP contribution >= 0.6 is 0 Å². The molecule has 0 saturated carbocycles. The maximum Gasteiger partial charge on any atom is 0.119 e. The van der Waals surface area contributed by atoms with Gasteiger partial charge in [-0.2, -0.15) is 0 Å². The smallest absolute Gasteiger partial charge is 0.119 e. The van der Waals surface area contributed by atoms with Gasteiger partial charge >= 0.3 is 0 Å². The Hall–Kier alpha value is -1.22. The third kappa shape index (κ3) is 2.30. The fourth-order valence-electron chi connectivity index (χ4n) is 2.27. The lowest BCUT2D eigenvalue weighted by Gasteiger charge is -2.25. The van der Waals surface area contributed by atoms with E-state index < -0.39 is 0 Å². The topological polar surface area (TPSA) is 32.7 Å². The van der Waals surface area contributed by atoms with Crippen molar-refractivity contribution < 1.29 is 9.84 Å². The van der Waals surface area contributed by atoms with Gasteiger partial charge in [0.25, 0.3) is 0 Å². The molecule has 1 aliphatic rings. The number of nitrogens with zero attached hydrogens (tertiary/aromatic N) is 1. The summed E-state index contributed by atoms with van der Waals surface area (Å²) in [5, 5.41) is 9.27. The molecule has 1 atom stereocenters. The van der Waals surface area contributed by atoms with Crippen LogP contribution in [0.2, 0.25) is 0 Å². The van der Waals surface area contributed by atoms with Gasteiger partial charge in [0.05, 0.1) is 19.3 Å². The summed E-state index contributed by atoms with van der Waals surface area (Å²) in [5.74, 6) is 0.908. The van der Waals surface area contributed by atoms with E-state index in [9.17, 15) is 5.11 Å². The van der Waals surface area contributed by atoms with Gasteiger partial charge in [-0.25, -0.2) is 0 Å². The molecular weight excluding hydrogens is 202 g/mol. The maximum absolute atomic E-state index is 9.27. The minimum atomic E-state index is 0.243. The van der Waals surface area contributed by atoms with Gasteiger partial charge < -0.3 is 14.7 Å². The van der Waals surface area contributed by atoms with Gasteiger partial charge in [0, 0.05) is 12.2 Å². The van der Waals surface area contributed by atoms with Crippen molar-refractivity contribution in [3.63, 3.8) is 0 Å². The second kappa shape index (κ2) is 5.21. The lowest BCUT2D eigenvalue weighted by atomic mass is 10.2. The summed E-state index contributed by atoms with van der Waals surface area (Å²) < 4.78 is 5.41. The summed E-state index contributed by atoms with van der Waals surface area (Å²) >= 11 is 0. The van der Waals surface area contributed by atoms with Crippen LogP contribution in [0.25, 0.3) is 0 Å². The largest absolute Gasteiger partial charge is 0.494 e. The van der Waals surface area contributed by atoms with E-state index in [1.807, 2.05) is 19.1 Å². The number of hydrogen-bond acceptors (Lipinski definition) is 3. The summed E-state index contributed by atoms with van der Waals surface area (Å²) in [5.41, 5.74) is 1.18. The zero-order chi connectivity index (χ0) is 11.4. The molecule has 88 valence electrons. The van der Waals surface area contributed by atoms with Crippen LogP contribution in [-0.2, 0) is 0 Å². The van der Waals surface area contributed by atoms with Crippen molar-refractivity contribution in [3.05, 3.63) is 24.3 Å². The van der Waals surface area contributed by atoms with E-state index >= 15 is 0 Å². The van der Waals surface area contributed by atoms with E-state index in [0.717, 1.165) is 18.7 Å². The van der Waals surface area contributed by atoms with Crippen LogP contribution in [0.15, 0.2) is 24.3 Å². The summed E-state index contributed by atoms with van der Waals surface area (Å²) in [6.07, 6.45) is 2.25. The molecule has 0 aromatic heterocycles. The molecular formula is C13H19NO2. The van der Waals surface area contributed by atoms with Crippen molar-refractivity contribution in [2.24, 2.45) is 0 Å². The molecule has 3 heteroatoms. The van der Waals surface area contributed by atoms with Crippen molar-refractivity contribution in [1.29, 1.82) is 0 Å². The van der Waals surface area contributed by atoms with Gasteiger partial charge in [0.2, 0.25) is 0 Å². The van der Waals surface area contributed by atoms with Gasteiger partial charge in [-0.05, 0) is 44.0 Å². The number of ether oxygens (including phenoxy) is 1. The number of aliphatic hydroxyl groups excluding tert-OH is 1. The monoisotopic (exact) mass is 221 g/mol. The molecule has 1 saturated heterocycles. The Balaban J connectivity index is 2.08. The van der Waals surface area contributed by atoms with E-state index in [2.05, 4.69) is 17.0 Å². The van der Waals surface area contributed by atoms with Gasteiger partial charge in [-0.3, -0.25) is 0 Å². The Bertz CT molecular complexity index is 323. The van der Waals surface area contributed by atoms with Crippen LogP contribution in [0, 0.1) is 0 Å². The molecule has 0 aliphatic carbocycles. The maximum atomic E-state index is 9.27. The Morgan fingerprint density at radius 3 is 2.75 bits per heavy atom. The average Bonchev–Trinajstić information content (AvgIpc) is 2.78. The van der Waals surface area contributed by atoms with Gasteiger partial charge in [-0.1, -0.05) is 0 Å². The first kappa shape index (κ1) is 11.3. The first-order valence-corrected chi connectivity index (χ1v) is 5.95. The second-order valence-electron chi connectivity index (χ2n) is 4.10. The molecule has 16 heavy (non-hydrogen) atoms. The van der Waals surface area contributed by atoms with Crippen LogP contribution in [0.1, 0.15) is 19.8 Å². The van der Waals surface area contributed by atoms with E-state index in [-0.39, 0.29) is 12.6 Å². The van der Waals surface area contributed by atoms with Crippen molar-refractivity contribution in [1.82, 2.24) is 0 Å². The molecule has 2 rings (SSSR count). The SMILES string of the molecule is CCOc1ccc(N2CCCC2CO)cc1. The van der Waals surface area contributed by atoms with Gasteiger partial charge in [0.1, 0.15) is 5.75 Å². The van der Waals surface area contributed by atoms with E-state index in [0.29, 0.717) is 6.61 Å². The molecule has 0 radical (unpaired) electrons. The molecule has 1 N–H and O–H groups in total. The van der Waals surface area contributed by atoms with Crippen LogP contribution in [0.5, 0.6) is 5.75 Å². The molecule has 0 bridgehead atoms. The number of anilines is 1. The van der Waals surface area contributed by atoms with E-state index in [1.165, 1.54) is 12.1 Å². The molecule has 1 fully saturated rings. The summed E-state index contributed by atoms with van der Waals surface area (Å²) in [7, 11) is 0. The average molecular weight is 221 g/mol. The van der Waals surface area contributed by atoms with Crippen molar-refractivity contribution in [2.45, 2.75) is 25.8 Å². The number of aliphatic hydroxyl groups is 1. The lowest BCUT2D eigenvalue weighted by molar-refractivity contribution is 0.266. The fourth-order valence-corrected chi connectivity index (χ4v) is 2.27. The molecule has 0 spiro atoms. The van der Waals surface area contributed by atoms with Crippen molar-refractivity contribution >= 4 is 5.69 Å². The Kier molecular flexibility index (Phi) is 3.67. The summed E-state index contributed by atoms with van der Waals surface area (Å²) in [6.45, 7) is 3.96. The van der Waals surface area contributed by atoms with Gasteiger partial charge in [-0.15, -0.1) is 0 Å². The first-order valence-electron chi connectivity index (χ1n) is 5.95. The normalized spacial score (nSPS) is 20.1. The summed E-state index contributed by atoms with van der Waals surface area (Å²) in [4.78, 5) is 2.27. The lowest BCUT2D eigenvalue weighted by Crippen LogP contribution is -2.31. The Morgan fingerprint density at radius 1 is 1.38 bits per heavy atom. The highest BCUT2D eigenvalue weighted by Crippen LogP contribution is 2.26. The first-order chi connectivity index (χ1) is 7.85. The van der Waals surface area contributed by atoms with E-state index in [4.69, 9.17) is 4.74 Å². The number of rotatable bonds is 4.